The number of esters is 3. The van der Waals surface area contributed by atoms with Gasteiger partial charge in [-0.1, -0.05) is 0 Å². The number of amides is 1. The van der Waals surface area contributed by atoms with E-state index >= 15 is 0 Å². The van der Waals surface area contributed by atoms with Crippen LogP contribution in [0.15, 0.2) is 0 Å². The van der Waals surface area contributed by atoms with E-state index in [0.29, 0.717) is 0 Å². The first-order valence-electron chi connectivity index (χ1n) is 7.20. The second-order valence-corrected chi connectivity index (χ2v) is 5.75. The molecule has 136 valence electrons. The van der Waals surface area contributed by atoms with Crippen LogP contribution >= 0.6 is 12.6 Å². The lowest BCUT2D eigenvalue weighted by molar-refractivity contribution is -0.211. The van der Waals surface area contributed by atoms with Crippen LogP contribution in [0.1, 0.15) is 27.7 Å². The second-order valence-electron chi connectivity index (χ2n) is 5.24. The molecule has 2 unspecified atom stereocenters. The SMILES string of the molecule is CC(=O)NC1[C@H](S)OC(COC(C)=O)[C@H](OC(C)=O)[C@@H]1OC(C)=O. The van der Waals surface area contributed by atoms with Crippen molar-refractivity contribution in [2.24, 2.45) is 0 Å². The zero-order valence-corrected chi connectivity index (χ0v) is 14.7. The number of rotatable bonds is 5. The maximum absolute atomic E-state index is 11.4. The average molecular weight is 363 g/mol. The molecule has 9 nitrogen and oxygen atoms in total. The highest BCUT2D eigenvalue weighted by molar-refractivity contribution is 7.80. The molecule has 1 saturated heterocycles. The van der Waals surface area contributed by atoms with Crippen molar-refractivity contribution in [1.82, 2.24) is 5.32 Å². The Morgan fingerprint density at radius 3 is 1.96 bits per heavy atom. The molecule has 1 fully saturated rings. The first-order chi connectivity index (χ1) is 11.1. The van der Waals surface area contributed by atoms with Crippen LogP contribution in [0.3, 0.4) is 0 Å². The average Bonchev–Trinajstić information content (AvgIpc) is 2.42. The number of carbonyl (C=O) groups is 4. The first-order valence-corrected chi connectivity index (χ1v) is 7.72. The van der Waals surface area contributed by atoms with Crippen molar-refractivity contribution in [2.45, 2.75) is 57.5 Å². The van der Waals surface area contributed by atoms with E-state index in [0.717, 1.165) is 0 Å². The van der Waals surface area contributed by atoms with Crippen LogP contribution in [0, 0.1) is 0 Å². The van der Waals surface area contributed by atoms with E-state index in [1.54, 1.807) is 0 Å². The van der Waals surface area contributed by atoms with Crippen molar-refractivity contribution < 1.29 is 38.1 Å². The molecule has 1 N–H and O–H groups in total. The van der Waals surface area contributed by atoms with E-state index < -0.39 is 53.6 Å². The summed E-state index contributed by atoms with van der Waals surface area (Å²) in [5.74, 6) is -2.24. The normalized spacial score (nSPS) is 29.3. The third-order valence-electron chi connectivity index (χ3n) is 3.09. The smallest absolute Gasteiger partial charge is 0.303 e. The fraction of sp³-hybridized carbons (Fsp3) is 0.714. The molecule has 0 aliphatic carbocycles. The third-order valence-corrected chi connectivity index (χ3v) is 3.53. The molecule has 0 aromatic carbocycles. The monoisotopic (exact) mass is 363 g/mol. The largest absolute Gasteiger partial charge is 0.463 e. The Morgan fingerprint density at radius 2 is 1.50 bits per heavy atom. The van der Waals surface area contributed by atoms with E-state index in [2.05, 4.69) is 17.9 Å². The molecular weight excluding hydrogens is 342 g/mol. The summed E-state index contributed by atoms with van der Waals surface area (Å²) < 4.78 is 20.9. The van der Waals surface area contributed by atoms with Gasteiger partial charge in [-0.3, -0.25) is 19.2 Å². The van der Waals surface area contributed by atoms with Crippen LogP contribution in [-0.4, -0.2) is 60.2 Å². The summed E-state index contributed by atoms with van der Waals surface area (Å²) in [7, 11) is 0. The number of carbonyl (C=O) groups excluding carboxylic acids is 4. The highest BCUT2D eigenvalue weighted by Gasteiger charge is 2.49. The Kier molecular flexibility index (Phi) is 7.49. The van der Waals surface area contributed by atoms with Crippen molar-refractivity contribution >= 4 is 36.4 Å². The Bertz CT molecular complexity index is 511. The first kappa shape index (κ1) is 20.2. The minimum Gasteiger partial charge on any atom is -0.463 e. The van der Waals surface area contributed by atoms with E-state index in [-0.39, 0.29) is 6.61 Å². The van der Waals surface area contributed by atoms with Crippen LogP contribution in [0.25, 0.3) is 0 Å². The van der Waals surface area contributed by atoms with Crippen molar-refractivity contribution in [3.63, 3.8) is 0 Å². The lowest BCUT2D eigenvalue weighted by Crippen LogP contribution is -2.64. The van der Waals surface area contributed by atoms with Gasteiger partial charge < -0.3 is 24.3 Å². The zero-order valence-electron chi connectivity index (χ0n) is 13.8. The van der Waals surface area contributed by atoms with Gasteiger partial charge in [0.1, 0.15) is 24.2 Å². The van der Waals surface area contributed by atoms with Gasteiger partial charge in [0, 0.05) is 27.7 Å². The molecule has 1 aliphatic rings. The van der Waals surface area contributed by atoms with Crippen molar-refractivity contribution in [3.8, 4) is 0 Å². The van der Waals surface area contributed by atoms with Gasteiger partial charge >= 0.3 is 17.9 Å². The van der Waals surface area contributed by atoms with Crippen molar-refractivity contribution in [1.29, 1.82) is 0 Å². The fourth-order valence-corrected chi connectivity index (χ4v) is 2.71. The Hall–Kier alpha value is -1.81. The standard InChI is InChI=1S/C14H21NO8S/c1-6(16)15-11-13(22-9(4)19)12(21-8(3)18)10(23-14(11)24)5-20-7(2)17/h10-14,24H,5H2,1-4H3,(H,15,16)/t10?,11?,12-,13+,14-/m0/s1. The molecule has 1 heterocycles. The highest BCUT2D eigenvalue weighted by Crippen LogP contribution is 2.28. The molecule has 1 aliphatic heterocycles. The predicted octanol–water partition coefficient (Wildman–Crippen LogP) is -0.428. The Balaban J connectivity index is 3.11. The summed E-state index contributed by atoms with van der Waals surface area (Å²) in [6.45, 7) is 4.62. The van der Waals surface area contributed by atoms with Gasteiger partial charge in [0.15, 0.2) is 12.2 Å². The van der Waals surface area contributed by atoms with Gasteiger partial charge in [-0.05, 0) is 0 Å². The summed E-state index contributed by atoms with van der Waals surface area (Å²) >= 11 is 4.24. The van der Waals surface area contributed by atoms with E-state index in [4.69, 9.17) is 18.9 Å². The second kappa shape index (κ2) is 8.88. The number of ether oxygens (including phenoxy) is 4. The van der Waals surface area contributed by atoms with Crippen molar-refractivity contribution in [3.05, 3.63) is 0 Å². The van der Waals surface area contributed by atoms with E-state index in [1.807, 2.05) is 0 Å². The molecule has 0 radical (unpaired) electrons. The van der Waals surface area contributed by atoms with Gasteiger partial charge in [0.05, 0.1) is 0 Å². The van der Waals surface area contributed by atoms with Crippen LogP contribution in [-0.2, 0) is 38.1 Å². The molecule has 0 saturated carbocycles. The molecule has 24 heavy (non-hydrogen) atoms. The Labute approximate surface area is 144 Å². The lowest BCUT2D eigenvalue weighted by atomic mass is 9.97. The summed E-state index contributed by atoms with van der Waals surface area (Å²) in [5.41, 5.74) is -0.870. The molecule has 1 amide bonds. The molecule has 0 bridgehead atoms. The maximum atomic E-state index is 11.4. The number of hydrogen-bond donors (Lipinski definition) is 2. The molecule has 5 atom stereocenters. The van der Waals surface area contributed by atoms with Gasteiger partial charge in [-0.15, -0.1) is 12.6 Å². The fourth-order valence-electron chi connectivity index (χ4n) is 2.31. The Morgan fingerprint density at radius 1 is 0.958 bits per heavy atom. The quantitative estimate of drug-likeness (QED) is 0.384. The molecule has 0 aromatic heterocycles. The number of nitrogens with one attached hydrogen (secondary N) is 1. The topological polar surface area (TPSA) is 117 Å². The van der Waals surface area contributed by atoms with Crippen LogP contribution < -0.4 is 5.32 Å². The highest BCUT2D eigenvalue weighted by atomic mass is 32.1. The van der Waals surface area contributed by atoms with E-state index in [1.165, 1.54) is 27.7 Å². The molecule has 0 spiro atoms. The maximum Gasteiger partial charge on any atom is 0.303 e. The summed E-state index contributed by atoms with van der Waals surface area (Å²) in [6, 6.07) is -0.854. The number of hydrogen-bond acceptors (Lipinski definition) is 9. The van der Waals surface area contributed by atoms with E-state index in [9.17, 15) is 19.2 Å². The minimum atomic E-state index is -1.08. The number of thiol groups is 1. The summed E-state index contributed by atoms with van der Waals surface area (Å²) in [4.78, 5) is 45.2. The minimum absolute atomic E-state index is 0.227. The summed E-state index contributed by atoms with van der Waals surface area (Å²) in [6.07, 6.45) is -3.03. The van der Waals surface area contributed by atoms with Gasteiger partial charge in [0.2, 0.25) is 5.91 Å². The molecular formula is C14H21NO8S. The van der Waals surface area contributed by atoms with Gasteiger partial charge in [0.25, 0.3) is 0 Å². The lowest BCUT2D eigenvalue weighted by Gasteiger charge is -2.43. The van der Waals surface area contributed by atoms with Crippen LogP contribution in [0.5, 0.6) is 0 Å². The predicted molar refractivity (Wildman–Crippen MR) is 83.0 cm³/mol. The third kappa shape index (κ3) is 6.00. The van der Waals surface area contributed by atoms with Crippen LogP contribution in [0.2, 0.25) is 0 Å². The zero-order chi connectivity index (χ0) is 18.4. The molecule has 10 heteroatoms. The summed E-state index contributed by atoms with van der Waals surface area (Å²) in [5, 5.41) is 2.56. The van der Waals surface area contributed by atoms with Crippen LogP contribution in [0.4, 0.5) is 0 Å². The van der Waals surface area contributed by atoms with Crippen molar-refractivity contribution in [2.75, 3.05) is 6.61 Å². The van der Waals surface area contributed by atoms with Gasteiger partial charge in [-0.2, -0.15) is 0 Å². The molecule has 1 rings (SSSR count). The molecule has 0 aromatic rings. The van der Waals surface area contributed by atoms with Gasteiger partial charge in [-0.25, -0.2) is 0 Å².